The second kappa shape index (κ2) is 11.8. The van der Waals surface area contributed by atoms with Crippen LogP contribution in [0.4, 0.5) is 26.2 Å². The Bertz CT molecular complexity index is 1510. The highest BCUT2D eigenvalue weighted by Gasteiger charge is 2.18. The summed E-state index contributed by atoms with van der Waals surface area (Å²) in [6.07, 6.45) is 2.56. The maximum atomic E-state index is 13.9. The van der Waals surface area contributed by atoms with Crippen LogP contribution in [0.3, 0.4) is 0 Å². The average molecular weight is 531 g/mol. The lowest BCUT2D eigenvalue weighted by Crippen LogP contribution is -2.38. The number of carbonyl (C=O) groups is 1. The number of nitrogens with zero attached hydrogens (tertiary/aromatic N) is 4. The van der Waals surface area contributed by atoms with E-state index >= 15 is 0 Å². The number of ether oxygens (including phenoxy) is 3. The molecule has 1 aliphatic rings. The first-order chi connectivity index (χ1) is 19.0. The zero-order valence-corrected chi connectivity index (χ0v) is 21.3. The van der Waals surface area contributed by atoms with E-state index in [1.807, 2.05) is 6.92 Å². The Balaban J connectivity index is 1.30. The molecule has 0 aliphatic carbocycles. The number of benzene rings is 2. The molecule has 0 bridgehead atoms. The van der Waals surface area contributed by atoms with Crippen molar-refractivity contribution >= 4 is 28.7 Å². The Morgan fingerprint density at radius 2 is 1.95 bits per heavy atom. The highest BCUT2D eigenvalue weighted by atomic mass is 19.1. The lowest BCUT2D eigenvalue weighted by molar-refractivity contribution is 0.0290. The summed E-state index contributed by atoms with van der Waals surface area (Å²) >= 11 is 0. The number of aromatic nitrogens is 2. The number of halogens is 1. The Labute approximate surface area is 224 Å². The summed E-state index contributed by atoms with van der Waals surface area (Å²) in [6, 6.07) is 15.3. The van der Waals surface area contributed by atoms with Gasteiger partial charge in [-0.15, -0.1) is 0 Å². The zero-order valence-electron chi connectivity index (χ0n) is 21.3. The van der Waals surface area contributed by atoms with Crippen molar-refractivity contribution in [2.45, 2.75) is 6.92 Å². The van der Waals surface area contributed by atoms with Crippen LogP contribution in [0.5, 0.6) is 11.5 Å². The molecule has 0 spiro atoms. The number of amides is 1. The van der Waals surface area contributed by atoms with Crippen molar-refractivity contribution in [3.63, 3.8) is 0 Å². The summed E-state index contributed by atoms with van der Waals surface area (Å²) in [5, 5.41) is 20.1. The van der Waals surface area contributed by atoms with Crippen molar-refractivity contribution in [3.05, 3.63) is 77.9 Å². The van der Waals surface area contributed by atoms with E-state index in [9.17, 15) is 14.4 Å². The van der Waals surface area contributed by atoms with E-state index in [2.05, 4.69) is 26.7 Å². The summed E-state index contributed by atoms with van der Waals surface area (Å²) in [5.41, 5.74) is 3.40. The third kappa shape index (κ3) is 6.09. The first-order valence-corrected chi connectivity index (χ1v) is 12.5. The molecule has 2 aromatic heterocycles. The monoisotopic (exact) mass is 530 g/mol. The van der Waals surface area contributed by atoms with Gasteiger partial charge < -0.3 is 19.5 Å². The third-order valence-electron chi connectivity index (χ3n) is 6.35. The minimum Gasteiger partial charge on any atom is -0.454 e. The Kier molecular flexibility index (Phi) is 7.86. The highest BCUT2D eigenvalue weighted by Crippen LogP contribution is 2.33. The quantitative estimate of drug-likeness (QED) is 0.325. The number of hydrogen-bond donors (Lipinski definition) is 2. The molecule has 1 saturated heterocycles. The Morgan fingerprint density at radius 3 is 2.69 bits per heavy atom. The number of hydrogen-bond acceptors (Lipinski definition) is 8. The smallest absolute Gasteiger partial charge is 0.411 e. The summed E-state index contributed by atoms with van der Waals surface area (Å²) in [4.78, 5) is 14.6. The molecule has 4 aromatic rings. The molecule has 2 aromatic carbocycles. The Hall–Kier alpha value is -4.66. The second-order valence-electron chi connectivity index (χ2n) is 8.90. The molecule has 5 rings (SSSR count). The predicted molar refractivity (Wildman–Crippen MR) is 143 cm³/mol. The van der Waals surface area contributed by atoms with Crippen LogP contribution < -0.4 is 15.4 Å². The maximum Gasteiger partial charge on any atom is 0.411 e. The SMILES string of the molecule is Cc1c(NC(=O)OCCN2CCOCC2)cn2ncc(C#N)c(Nc3ccc(Oc4ccccc4F)cc3)c12. The van der Waals surface area contributed by atoms with E-state index in [1.165, 1.54) is 12.3 Å². The van der Waals surface area contributed by atoms with Crippen LogP contribution in [0, 0.1) is 24.1 Å². The molecule has 3 heterocycles. The van der Waals surface area contributed by atoms with E-state index in [0.717, 1.165) is 13.1 Å². The first kappa shape index (κ1) is 26.0. The number of fused-ring (bicyclic) bond motifs is 1. The van der Waals surface area contributed by atoms with Gasteiger partial charge >= 0.3 is 6.09 Å². The molecule has 39 heavy (non-hydrogen) atoms. The molecule has 11 heteroatoms. The number of nitrogens with one attached hydrogen (secondary N) is 2. The van der Waals surface area contributed by atoms with E-state index < -0.39 is 11.9 Å². The largest absolute Gasteiger partial charge is 0.454 e. The minimum atomic E-state index is -0.567. The number of aryl methyl sites for hydroxylation is 1. The van der Waals surface area contributed by atoms with E-state index in [4.69, 9.17) is 14.2 Å². The van der Waals surface area contributed by atoms with Gasteiger partial charge in [-0.1, -0.05) is 12.1 Å². The van der Waals surface area contributed by atoms with Crippen LogP contribution in [0.25, 0.3) is 5.52 Å². The second-order valence-corrected chi connectivity index (χ2v) is 8.90. The van der Waals surface area contributed by atoms with Crippen molar-refractivity contribution in [2.75, 3.05) is 50.1 Å². The van der Waals surface area contributed by atoms with Gasteiger partial charge in [0.15, 0.2) is 11.6 Å². The van der Waals surface area contributed by atoms with Gasteiger partial charge in [-0.3, -0.25) is 10.2 Å². The van der Waals surface area contributed by atoms with Gasteiger partial charge in [-0.25, -0.2) is 13.7 Å². The van der Waals surface area contributed by atoms with Crippen LogP contribution in [-0.2, 0) is 9.47 Å². The molecule has 0 unspecified atom stereocenters. The fraction of sp³-hybridized carbons (Fsp3) is 0.250. The van der Waals surface area contributed by atoms with Crippen molar-refractivity contribution in [1.82, 2.24) is 14.5 Å². The summed E-state index contributed by atoms with van der Waals surface area (Å²) < 4.78 is 31.8. The normalized spacial score (nSPS) is 13.6. The minimum absolute atomic E-state index is 0.129. The van der Waals surface area contributed by atoms with Gasteiger partial charge in [-0.05, 0) is 43.3 Å². The van der Waals surface area contributed by atoms with Crippen molar-refractivity contribution in [3.8, 4) is 17.6 Å². The average Bonchev–Trinajstić information content (AvgIpc) is 3.26. The molecule has 1 aliphatic heterocycles. The van der Waals surface area contributed by atoms with Crippen LogP contribution >= 0.6 is 0 Å². The number of para-hydroxylation sites is 1. The molecular formula is C28H27FN6O4. The van der Waals surface area contributed by atoms with Gasteiger partial charge in [0.25, 0.3) is 0 Å². The number of nitriles is 1. The predicted octanol–water partition coefficient (Wildman–Crippen LogP) is 5.07. The van der Waals surface area contributed by atoms with Crippen LogP contribution in [0.2, 0.25) is 0 Å². The lowest BCUT2D eigenvalue weighted by atomic mass is 10.1. The fourth-order valence-electron chi connectivity index (χ4n) is 4.27. The zero-order chi connectivity index (χ0) is 27.2. The van der Waals surface area contributed by atoms with Crippen molar-refractivity contribution < 1.29 is 23.4 Å². The highest BCUT2D eigenvalue weighted by molar-refractivity contribution is 5.92. The Morgan fingerprint density at radius 1 is 1.18 bits per heavy atom. The van der Waals surface area contributed by atoms with Crippen molar-refractivity contribution in [2.24, 2.45) is 0 Å². The maximum absolute atomic E-state index is 13.9. The molecule has 0 saturated carbocycles. The van der Waals surface area contributed by atoms with Crippen LogP contribution in [-0.4, -0.2) is 60.1 Å². The number of anilines is 3. The van der Waals surface area contributed by atoms with Gasteiger partial charge in [0.1, 0.15) is 18.4 Å². The summed E-state index contributed by atoms with van der Waals surface area (Å²) in [7, 11) is 0. The molecular weight excluding hydrogens is 503 g/mol. The molecule has 1 fully saturated rings. The molecule has 1 amide bonds. The lowest BCUT2D eigenvalue weighted by Gasteiger charge is -2.26. The van der Waals surface area contributed by atoms with Gasteiger partial charge in [0.05, 0.1) is 48.1 Å². The molecule has 0 atom stereocenters. The van der Waals surface area contributed by atoms with Gasteiger partial charge in [0.2, 0.25) is 0 Å². The van der Waals surface area contributed by atoms with E-state index in [0.29, 0.717) is 59.2 Å². The van der Waals surface area contributed by atoms with Crippen LogP contribution in [0.1, 0.15) is 11.1 Å². The third-order valence-corrected chi connectivity index (χ3v) is 6.35. The standard InChI is InChI=1S/C28H27FN6O4/c1-19-24(33-28(36)38-15-12-34-10-13-37-14-11-34)18-35-27(19)26(20(16-30)17-31-35)32-21-6-8-22(9-7-21)39-25-5-3-2-4-23(25)29/h2-9,17-18,32H,10-15H2,1H3,(H,33,36). The topological polar surface area (TPSA) is 113 Å². The first-order valence-electron chi connectivity index (χ1n) is 12.5. The summed E-state index contributed by atoms with van der Waals surface area (Å²) in [5.74, 6) is 0.138. The van der Waals surface area contributed by atoms with Crippen LogP contribution in [0.15, 0.2) is 60.9 Å². The van der Waals surface area contributed by atoms with E-state index in [-0.39, 0.29) is 12.4 Å². The van der Waals surface area contributed by atoms with Gasteiger partial charge in [-0.2, -0.15) is 10.4 Å². The van der Waals surface area contributed by atoms with E-state index in [1.54, 1.807) is 53.2 Å². The summed E-state index contributed by atoms with van der Waals surface area (Å²) in [6.45, 7) is 5.73. The molecule has 0 radical (unpaired) electrons. The molecule has 10 nitrogen and oxygen atoms in total. The number of rotatable bonds is 8. The number of morpholine rings is 1. The number of carbonyl (C=O) groups excluding carboxylic acids is 1. The van der Waals surface area contributed by atoms with Gasteiger partial charge in [0, 0.05) is 30.9 Å². The fourth-order valence-corrected chi connectivity index (χ4v) is 4.27. The molecule has 200 valence electrons. The van der Waals surface area contributed by atoms with Crippen molar-refractivity contribution in [1.29, 1.82) is 5.26 Å². The molecule has 2 N–H and O–H groups in total.